The largest absolute Gasteiger partial charge is 0.382 e. The zero-order valence-corrected chi connectivity index (χ0v) is 10.6. The Bertz CT molecular complexity index is 520. The summed E-state index contributed by atoms with van der Waals surface area (Å²) in [6.45, 7) is 0. The van der Waals surface area contributed by atoms with Gasteiger partial charge in [-0.2, -0.15) is 8.42 Å². The summed E-state index contributed by atoms with van der Waals surface area (Å²) in [6.07, 6.45) is 1.84. The molecule has 0 saturated heterocycles. The van der Waals surface area contributed by atoms with Crippen molar-refractivity contribution in [2.45, 2.75) is 6.04 Å². The van der Waals surface area contributed by atoms with Gasteiger partial charge in [0.15, 0.2) is 0 Å². The van der Waals surface area contributed by atoms with Crippen LogP contribution in [0.15, 0.2) is 36.4 Å². The fraction of sp³-hybridized carbons (Fsp3) is 0.333. The van der Waals surface area contributed by atoms with Crippen LogP contribution in [0.1, 0.15) is 5.56 Å². The molecule has 0 bridgehead atoms. The van der Waals surface area contributed by atoms with E-state index < -0.39 is 10.1 Å². The second kappa shape index (κ2) is 4.50. The van der Waals surface area contributed by atoms with E-state index in [-0.39, 0.29) is 11.8 Å². The standard InChI is InChI=1S/C12H15NO3S/c1-13(2)11-8-12(16-17(14,15)9-11)10-6-4-3-5-7-10/h3-8,11H,9H2,1-2H3. The zero-order chi connectivity index (χ0) is 12.5. The third kappa shape index (κ3) is 2.87. The van der Waals surface area contributed by atoms with Crippen LogP contribution in [0.5, 0.6) is 0 Å². The fourth-order valence-electron chi connectivity index (χ4n) is 1.68. The minimum Gasteiger partial charge on any atom is -0.382 e. The molecule has 0 aliphatic carbocycles. The van der Waals surface area contributed by atoms with Crippen molar-refractivity contribution in [3.8, 4) is 0 Å². The van der Waals surface area contributed by atoms with Gasteiger partial charge in [-0.3, -0.25) is 0 Å². The van der Waals surface area contributed by atoms with Gasteiger partial charge in [0.05, 0.1) is 0 Å². The Morgan fingerprint density at radius 3 is 2.47 bits per heavy atom. The van der Waals surface area contributed by atoms with Crippen LogP contribution in [-0.4, -0.2) is 39.2 Å². The lowest BCUT2D eigenvalue weighted by molar-refractivity contribution is 0.341. The van der Waals surface area contributed by atoms with Gasteiger partial charge in [0.1, 0.15) is 11.5 Å². The molecule has 0 aromatic heterocycles. The maximum absolute atomic E-state index is 11.7. The monoisotopic (exact) mass is 253 g/mol. The lowest BCUT2D eigenvalue weighted by Gasteiger charge is -2.26. The Morgan fingerprint density at radius 1 is 1.24 bits per heavy atom. The third-order valence-electron chi connectivity index (χ3n) is 2.66. The normalized spacial score (nSPS) is 23.0. The van der Waals surface area contributed by atoms with Crippen molar-refractivity contribution in [1.29, 1.82) is 0 Å². The van der Waals surface area contributed by atoms with E-state index in [2.05, 4.69) is 0 Å². The molecular weight excluding hydrogens is 238 g/mol. The summed E-state index contributed by atoms with van der Waals surface area (Å²) in [5.74, 6) is 0.409. The molecule has 1 heterocycles. The van der Waals surface area contributed by atoms with Crippen LogP contribution in [0.4, 0.5) is 0 Å². The first-order valence-electron chi connectivity index (χ1n) is 5.34. The quantitative estimate of drug-likeness (QED) is 0.746. The van der Waals surface area contributed by atoms with E-state index in [1.54, 1.807) is 0 Å². The molecule has 4 nitrogen and oxygen atoms in total. The first-order valence-corrected chi connectivity index (χ1v) is 6.91. The average molecular weight is 253 g/mol. The van der Waals surface area contributed by atoms with Crippen LogP contribution < -0.4 is 0 Å². The molecule has 0 amide bonds. The highest BCUT2D eigenvalue weighted by molar-refractivity contribution is 7.87. The van der Waals surface area contributed by atoms with E-state index in [1.165, 1.54) is 0 Å². The molecule has 0 radical (unpaired) electrons. The predicted molar refractivity (Wildman–Crippen MR) is 66.8 cm³/mol. The van der Waals surface area contributed by atoms with E-state index in [4.69, 9.17) is 4.18 Å². The van der Waals surface area contributed by atoms with Crippen LogP contribution in [0, 0.1) is 0 Å². The molecule has 17 heavy (non-hydrogen) atoms. The minimum absolute atomic E-state index is 0.00364. The van der Waals surface area contributed by atoms with Crippen molar-refractivity contribution in [2.24, 2.45) is 0 Å². The van der Waals surface area contributed by atoms with E-state index in [0.717, 1.165) is 5.56 Å². The molecule has 5 heteroatoms. The summed E-state index contributed by atoms with van der Waals surface area (Å²) >= 11 is 0. The molecule has 0 spiro atoms. The molecule has 1 aliphatic heterocycles. The maximum atomic E-state index is 11.7. The molecule has 1 aliphatic rings. The van der Waals surface area contributed by atoms with Crippen molar-refractivity contribution in [3.63, 3.8) is 0 Å². The SMILES string of the molecule is CN(C)C1C=C(c2ccccc2)OS(=O)(=O)C1. The Labute approximate surface area is 102 Å². The third-order valence-corrected chi connectivity index (χ3v) is 3.84. The Balaban J connectivity index is 2.39. The summed E-state index contributed by atoms with van der Waals surface area (Å²) < 4.78 is 28.4. The summed E-state index contributed by atoms with van der Waals surface area (Å²) in [7, 11) is 0.219. The van der Waals surface area contributed by atoms with Crippen molar-refractivity contribution >= 4 is 15.9 Å². The molecular formula is C12H15NO3S. The Hall–Kier alpha value is -1.33. The molecule has 0 fully saturated rings. The maximum Gasteiger partial charge on any atom is 0.311 e. The highest BCUT2D eigenvalue weighted by Crippen LogP contribution is 2.25. The van der Waals surface area contributed by atoms with E-state index >= 15 is 0 Å². The first-order chi connectivity index (χ1) is 7.98. The summed E-state index contributed by atoms with van der Waals surface area (Å²) in [6, 6.07) is 9.10. The van der Waals surface area contributed by atoms with E-state index in [1.807, 2.05) is 55.4 Å². The van der Waals surface area contributed by atoms with Crippen molar-refractivity contribution in [1.82, 2.24) is 4.90 Å². The zero-order valence-electron chi connectivity index (χ0n) is 9.83. The highest BCUT2D eigenvalue weighted by atomic mass is 32.2. The van der Waals surface area contributed by atoms with Gasteiger partial charge in [0, 0.05) is 11.6 Å². The predicted octanol–water partition coefficient (Wildman–Crippen LogP) is 1.32. The molecule has 0 N–H and O–H groups in total. The molecule has 1 atom stereocenters. The van der Waals surface area contributed by atoms with Gasteiger partial charge in [0.2, 0.25) is 0 Å². The molecule has 1 aromatic rings. The summed E-state index contributed by atoms with van der Waals surface area (Å²) in [5.41, 5.74) is 0.780. The second-order valence-corrected chi connectivity index (χ2v) is 5.85. The number of likely N-dealkylation sites (N-methyl/N-ethyl adjacent to an activating group) is 1. The lowest BCUT2D eigenvalue weighted by Crippen LogP contribution is -2.36. The molecule has 2 rings (SSSR count). The van der Waals surface area contributed by atoms with Gasteiger partial charge in [-0.25, -0.2) is 0 Å². The van der Waals surface area contributed by atoms with Crippen LogP contribution in [0.2, 0.25) is 0 Å². The number of hydrogen-bond donors (Lipinski definition) is 0. The van der Waals surface area contributed by atoms with Crippen LogP contribution in [-0.2, 0) is 14.3 Å². The van der Waals surface area contributed by atoms with Crippen molar-refractivity contribution in [2.75, 3.05) is 19.8 Å². The summed E-state index contributed by atoms with van der Waals surface area (Å²) in [4.78, 5) is 1.86. The highest BCUT2D eigenvalue weighted by Gasteiger charge is 2.28. The number of hydrogen-bond acceptors (Lipinski definition) is 4. The minimum atomic E-state index is -3.48. The molecule has 1 unspecified atom stereocenters. The number of rotatable bonds is 2. The topological polar surface area (TPSA) is 46.6 Å². The van der Waals surface area contributed by atoms with Crippen molar-refractivity contribution < 1.29 is 12.6 Å². The van der Waals surface area contributed by atoms with Crippen LogP contribution in [0.25, 0.3) is 5.76 Å². The molecule has 1 aromatic carbocycles. The van der Waals surface area contributed by atoms with Gasteiger partial charge >= 0.3 is 10.1 Å². The number of benzene rings is 1. The first kappa shape index (κ1) is 12.1. The van der Waals surface area contributed by atoms with Gasteiger partial charge < -0.3 is 9.08 Å². The van der Waals surface area contributed by atoms with Gasteiger partial charge in [-0.1, -0.05) is 30.3 Å². The Kier molecular flexibility index (Phi) is 3.22. The van der Waals surface area contributed by atoms with E-state index in [9.17, 15) is 8.42 Å². The van der Waals surface area contributed by atoms with Gasteiger partial charge in [-0.05, 0) is 20.2 Å². The second-order valence-electron chi connectivity index (χ2n) is 4.24. The number of nitrogens with zero attached hydrogens (tertiary/aromatic N) is 1. The van der Waals surface area contributed by atoms with Gasteiger partial charge in [-0.15, -0.1) is 0 Å². The fourth-order valence-corrected chi connectivity index (χ4v) is 2.98. The molecule has 0 saturated carbocycles. The van der Waals surface area contributed by atoms with Gasteiger partial charge in [0.25, 0.3) is 0 Å². The summed E-state index contributed by atoms with van der Waals surface area (Å²) in [5, 5.41) is 0. The van der Waals surface area contributed by atoms with Crippen LogP contribution in [0.3, 0.4) is 0 Å². The smallest absolute Gasteiger partial charge is 0.311 e. The van der Waals surface area contributed by atoms with E-state index in [0.29, 0.717) is 5.76 Å². The van der Waals surface area contributed by atoms with Crippen molar-refractivity contribution in [3.05, 3.63) is 42.0 Å². The Morgan fingerprint density at radius 2 is 1.88 bits per heavy atom. The molecule has 92 valence electrons. The lowest BCUT2D eigenvalue weighted by atomic mass is 10.1. The average Bonchev–Trinajstić information content (AvgIpc) is 2.28. The van der Waals surface area contributed by atoms with Crippen LogP contribution >= 0.6 is 0 Å².